The number of methoxy groups -OCH3 is 1. The lowest BCUT2D eigenvalue weighted by atomic mass is 10.2. The zero-order valence-corrected chi connectivity index (χ0v) is 13.3. The number of hydrogen-bond acceptors (Lipinski definition) is 4. The van der Waals surface area contributed by atoms with Crippen LogP contribution in [0.5, 0.6) is 5.75 Å². The third kappa shape index (κ3) is 5.73. The molecule has 3 N–H and O–H groups in total. The molecule has 0 spiro atoms. The number of anilines is 1. The van der Waals surface area contributed by atoms with E-state index in [9.17, 15) is 9.59 Å². The highest BCUT2D eigenvalue weighted by Gasteiger charge is 2.19. The van der Waals surface area contributed by atoms with Gasteiger partial charge in [-0.3, -0.25) is 0 Å². The summed E-state index contributed by atoms with van der Waals surface area (Å²) in [5.41, 5.74) is 0.461. The highest BCUT2D eigenvalue weighted by Crippen LogP contribution is 2.27. The Balaban J connectivity index is 2.65. The lowest BCUT2D eigenvalue weighted by Crippen LogP contribution is -2.43. The van der Waals surface area contributed by atoms with Crippen molar-refractivity contribution < 1.29 is 19.4 Å². The van der Waals surface area contributed by atoms with Crippen LogP contribution in [-0.4, -0.2) is 42.3 Å². The van der Waals surface area contributed by atoms with Crippen molar-refractivity contribution in [2.24, 2.45) is 0 Å². The molecule has 21 heavy (non-hydrogen) atoms. The quantitative estimate of drug-likeness (QED) is 0.714. The van der Waals surface area contributed by atoms with Crippen LogP contribution in [0.3, 0.4) is 0 Å². The van der Waals surface area contributed by atoms with Gasteiger partial charge in [-0.2, -0.15) is 11.8 Å². The minimum absolute atomic E-state index is 0.355. The fourth-order valence-corrected chi connectivity index (χ4v) is 2.22. The van der Waals surface area contributed by atoms with Gasteiger partial charge in [0.15, 0.2) is 0 Å². The Morgan fingerprint density at radius 1 is 1.48 bits per heavy atom. The first-order chi connectivity index (χ1) is 9.97. The summed E-state index contributed by atoms with van der Waals surface area (Å²) in [6, 6.07) is 3.22. The molecule has 0 aliphatic rings. The molecule has 116 valence electrons. The highest BCUT2D eigenvalue weighted by molar-refractivity contribution is 7.98. The minimum atomic E-state index is -1.06. The molecule has 0 heterocycles. The predicted octanol–water partition coefficient (Wildman–Crippen LogP) is 2.68. The van der Waals surface area contributed by atoms with Gasteiger partial charge in [-0.05, 0) is 30.6 Å². The van der Waals surface area contributed by atoms with Crippen molar-refractivity contribution >= 4 is 41.1 Å². The summed E-state index contributed by atoms with van der Waals surface area (Å²) in [6.07, 6.45) is 2.23. The number of urea groups is 1. The van der Waals surface area contributed by atoms with E-state index in [-0.39, 0.29) is 0 Å². The topological polar surface area (TPSA) is 87.7 Å². The standard InChI is InChI=1S/C13H17ClN2O4S/c1-20-11-7-8(3-4-9(11)14)15-13(19)16-10(12(17)18)5-6-21-2/h3-4,7,10H,5-6H2,1-2H3,(H,17,18)(H2,15,16,19). The van der Waals surface area contributed by atoms with Gasteiger partial charge >= 0.3 is 12.0 Å². The number of carbonyl (C=O) groups excluding carboxylic acids is 1. The normalized spacial score (nSPS) is 11.6. The third-order valence-electron chi connectivity index (χ3n) is 2.62. The third-order valence-corrected chi connectivity index (χ3v) is 3.58. The molecule has 0 fully saturated rings. The van der Waals surface area contributed by atoms with Crippen molar-refractivity contribution in [3.63, 3.8) is 0 Å². The Kier molecular flexibility index (Phi) is 7.18. The number of rotatable bonds is 7. The Labute approximate surface area is 132 Å². The molecule has 1 aromatic carbocycles. The average molecular weight is 333 g/mol. The van der Waals surface area contributed by atoms with Crippen molar-refractivity contribution in [1.82, 2.24) is 5.32 Å². The maximum atomic E-state index is 11.8. The molecule has 0 saturated carbocycles. The molecule has 1 rings (SSSR count). The zero-order valence-electron chi connectivity index (χ0n) is 11.7. The SMILES string of the molecule is COc1cc(NC(=O)NC(CCSC)C(=O)O)ccc1Cl. The van der Waals surface area contributed by atoms with Crippen LogP contribution in [0.4, 0.5) is 10.5 Å². The average Bonchev–Trinajstić information content (AvgIpc) is 2.45. The molecule has 0 saturated heterocycles. The number of benzene rings is 1. The number of aliphatic carboxylic acids is 1. The van der Waals surface area contributed by atoms with Crippen molar-refractivity contribution in [2.45, 2.75) is 12.5 Å². The number of carboxylic acids is 1. The molecule has 0 bridgehead atoms. The van der Waals surface area contributed by atoms with Crippen molar-refractivity contribution in [1.29, 1.82) is 0 Å². The van der Waals surface area contributed by atoms with Gasteiger partial charge in [-0.1, -0.05) is 11.6 Å². The number of carbonyl (C=O) groups is 2. The van der Waals surface area contributed by atoms with Crippen LogP contribution in [0.1, 0.15) is 6.42 Å². The maximum absolute atomic E-state index is 11.8. The number of thioether (sulfide) groups is 1. The van der Waals surface area contributed by atoms with Gasteiger partial charge in [0.2, 0.25) is 0 Å². The van der Waals surface area contributed by atoms with Gasteiger partial charge in [0, 0.05) is 11.8 Å². The molecule has 0 aliphatic heterocycles. The summed E-state index contributed by atoms with van der Waals surface area (Å²) < 4.78 is 5.04. The number of carboxylic acid groups (broad SMARTS) is 1. The molecule has 0 radical (unpaired) electrons. The number of amides is 2. The van der Waals surface area contributed by atoms with E-state index >= 15 is 0 Å². The van der Waals surface area contributed by atoms with E-state index in [1.807, 2.05) is 6.26 Å². The van der Waals surface area contributed by atoms with Crippen LogP contribution >= 0.6 is 23.4 Å². The Morgan fingerprint density at radius 3 is 2.76 bits per heavy atom. The van der Waals surface area contributed by atoms with E-state index in [0.717, 1.165) is 0 Å². The predicted molar refractivity (Wildman–Crippen MR) is 84.6 cm³/mol. The van der Waals surface area contributed by atoms with Crippen LogP contribution in [0.15, 0.2) is 18.2 Å². The first-order valence-corrected chi connectivity index (χ1v) is 7.88. The fraction of sp³-hybridized carbons (Fsp3) is 0.385. The first-order valence-electron chi connectivity index (χ1n) is 6.10. The largest absolute Gasteiger partial charge is 0.495 e. The first kappa shape index (κ1) is 17.5. The van der Waals surface area contributed by atoms with E-state index in [0.29, 0.717) is 28.6 Å². The Hall–Kier alpha value is -1.60. The van der Waals surface area contributed by atoms with E-state index in [2.05, 4.69) is 10.6 Å². The second-order valence-corrected chi connectivity index (χ2v) is 5.51. The van der Waals surface area contributed by atoms with Crippen molar-refractivity contribution in [2.75, 3.05) is 24.4 Å². The number of ether oxygens (including phenoxy) is 1. The van der Waals surface area contributed by atoms with Gasteiger partial charge in [-0.25, -0.2) is 9.59 Å². The number of halogens is 1. The van der Waals surface area contributed by atoms with Crippen molar-refractivity contribution in [3.8, 4) is 5.75 Å². The summed E-state index contributed by atoms with van der Waals surface area (Å²) in [5, 5.41) is 14.4. The summed E-state index contributed by atoms with van der Waals surface area (Å²) in [5.74, 6) is 0.00552. The molecule has 0 aliphatic carbocycles. The summed E-state index contributed by atoms with van der Waals surface area (Å²) >= 11 is 7.40. The second-order valence-electron chi connectivity index (χ2n) is 4.12. The summed E-state index contributed by atoms with van der Waals surface area (Å²) in [6.45, 7) is 0. The Bertz CT molecular complexity index is 513. The minimum Gasteiger partial charge on any atom is -0.495 e. The zero-order chi connectivity index (χ0) is 15.8. The maximum Gasteiger partial charge on any atom is 0.326 e. The molecule has 1 aromatic rings. The molecule has 8 heteroatoms. The number of hydrogen-bond donors (Lipinski definition) is 3. The van der Waals surface area contributed by atoms with Gasteiger partial charge in [-0.15, -0.1) is 0 Å². The van der Waals surface area contributed by atoms with Gasteiger partial charge in [0.05, 0.1) is 12.1 Å². The van der Waals surface area contributed by atoms with E-state index in [1.165, 1.54) is 18.9 Å². The second kappa shape index (κ2) is 8.63. The molecule has 6 nitrogen and oxygen atoms in total. The molecule has 2 amide bonds. The monoisotopic (exact) mass is 332 g/mol. The van der Waals surface area contributed by atoms with Crippen LogP contribution in [0, 0.1) is 0 Å². The Morgan fingerprint density at radius 2 is 2.19 bits per heavy atom. The van der Waals surface area contributed by atoms with Gasteiger partial charge in [0.25, 0.3) is 0 Å². The van der Waals surface area contributed by atoms with E-state index < -0.39 is 18.0 Å². The molecule has 1 unspecified atom stereocenters. The number of nitrogens with one attached hydrogen (secondary N) is 2. The van der Waals surface area contributed by atoms with E-state index in [4.69, 9.17) is 21.4 Å². The summed E-state index contributed by atoms with van der Waals surface area (Å²) in [7, 11) is 1.47. The van der Waals surface area contributed by atoms with Gasteiger partial charge in [0.1, 0.15) is 11.8 Å². The van der Waals surface area contributed by atoms with Crippen LogP contribution in [0.2, 0.25) is 5.02 Å². The fourth-order valence-electron chi connectivity index (χ4n) is 1.56. The lowest BCUT2D eigenvalue weighted by Gasteiger charge is -2.15. The van der Waals surface area contributed by atoms with E-state index in [1.54, 1.807) is 18.2 Å². The lowest BCUT2D eigenvalue weighted by molar-refractivity contribution is -0.139. The van der Waals surface area contributed by atoms with Gasteiger partial charge < -0.3 is 20.5 Å². The summed E-state index contributed by atoms with van der Waals surface area (Å²) in [4.78, 5) is 22.9. The van der Waals surface area contributed by atoms with Crippen LogP contribution in [-0.2, 0) is 4.79 Å². The molecular formula is C13H17ClN2O4S. The smallest absolute Gasteiger partial charge is 0.326 e. The molecule has 0 aromatic heterocycles. The molecular weight excluding hydrogens is 316 g/mol. The highest BCUT2D eigenvalue weighted by atomic mass is 35.5. The van der Waals surface area contributed by atoms with Crippen LogP contribution < -0.4 is 15.4 Å². The van der Waals surface area contributed by atoms with Crippen LogP contribution in [0.25, 0.3) is 0 Å². The van der Waals surface area contributed by atoms with Crippen molar-refractivity contribution in [3.05, 3.63) is 23.2 Å². The molecule has 1 atom stereocenters.